The molecule has 0 aliphatic carbocycles. The molecule has 5 heteroatoms. The van der Waals surface area contributed by atoms with Gasteiger partial charge in [-0.3, -0.25) is 9.69 Å². The van der Waals surface area contributed by atoms with Crippen LogP contribution in [-0.2, 0) is 11.3 Å². The lowest BCUT2D eigenvalue weighted by Gasteiger charge is -2.26. The molecule has 20 heavy (non-hydrogen) atoms. The molecule has 1 unspecified atom stereocenters. The first kappa shape index (κ1) is 14.5. The van der Waals surface area contributed by atoms with Gasteiger partial charge in [0.2, 0.25) is 5.91 Å². The topological polar surface area (TPSA) is 47.3 Å². The maximum absolute atomic E-state index is 13.9. The molecule has 0 radical (unpaired) electrons. The Hall–Kier alpha value is -1.93. The van der Waals surface area contributed by atoms with Gasteiger partial charge in [0.1, 0.15) is 5.82 Å². The number of likely N-dealkylation sites (tertiary alicyclic amines) is 1. The number of carbonyl (C=O) groups is 1. The summed E-state index contributed by atoms with van der Waals surface area (Å²) in [6.45, 7) is 1.20. The molecule has 2 rings (SSSR count). The molecule has 0 N–H and O–H groups in total. The molecule has 4 nitrogen and oxygen atoms in total. The Morgan fingerprint density at radius 2 is 2.30 bits per heavy atom. The van der Waals surface area contributed by atoms with E-state index >= 15 is 0 Å². The summed E-state index contributed by atoms with van der Waals surface area (Å²) < 4.78 is 13.9. The number of nitriles is 1. The summed E-state index contributed by atoms with van der Waals surface area (Å²) in [5.41, 5.74) is 0.844. The van der Waals surface area contributed by atoms with Crippen LogP contribution in [0.1, 0.15) is 24.0 Å². The van der Waals surface area contributed by atoms with Gasteiger partial charge in [0.25, 0.3) is 0 Å². The van der Waals surface area contributed by atoms with Crippen LogP contribution in [0.3, 0.4) is 0 Å². The molecule has 0 aromatic heterocycles. The quantitative estimate of drug-likeness (QED) is 0.844. The van der Waals surface area contributed by atoms with Crippen LogP contribution in [0, 0.1) is 17.1 Å². The second kappa shape index (κ2) is 6.02. The van der Waals surface area contributed by atoms with E-state index in [1.165, 1.54) is 6.07 Å². The van der Waals surface area contributed by atoms with Gasteiger partial charge in [-0.15, -0.1) is 0 Å². The normalized spacial score (nSPS) is 18.8. The number of hydrogen-bond donors (Lipinski definition) is 0. The predicted octanol–water partition coefficient (Wildman–Crippen LogP) is 1.75. The average molecular weight is 275 g/mol. The lowest BCUT2D eigenvalue weighted by Crippen LogP contribution is -2.42. The molecule has 1 atom stereocenters. The van der Waals surface area contributed by atoms with Crippen molar-refractivity contribution in [2.75, 3.05) is 20.6 Å². The van der Waals surface area contributed by atoms with Crippen molar-refractivity contribution in [1.82, 2.24) is 9.80 Å². The first-order valence-electron chi connectivity index (χ1n) is 6.66. The summed E-state index contributed by atoms with van der Waals surface area (Å²) in [7, 11) is 3.47. The third kappa shape index (κ3) is 2.97. The van der Waals surface area contributed by atoms with Gasteiger partial charge in [-0.2, -0.15) is 5.26 Å². The molecular formula is C15H18FN3O. The van der Waals surface area contributed by atoms with E-state index in [9.17, 15) is 9.18 Å². The molecule has 1 aromatic rings. The Morgan fingerprint density at radius 3 is 2.90 bits per heavy atom. The van der Waals surface area contributed by atoms with Gasteiger partial charge in [0, 0.05) is 26.2 Å². The van der Waals surface area contributed by atoms with Crippen molar-refractivity contribution < 1.29 is 9.18 Å². The van der Waals surface area contributed by atoms with E-state index in [4.69, 9.17) is 5.26 Å². The van der Waals surface area contributed by atoms with Crippen LogP contribution in [0.5, 0.6) is 0 Å². The first-order valence-corrected chi connectivity index (χ1v) is 6.66. The Bertz CT molecular complexity index is 551. The maximum Gasteiger partial charge on any atom is 0.239 e. The van der Waals surface area contributed by atoms with Crippen LogP contribution >= 0.6 is 0 Å². The zero-order chi connectivity index (χ0) is 14.7. The lowest BCUT2D eigenvalue weighted by molar-refractivity contribution is -0.133. The highest BCUT2D eigenvalue weighted by atomic mass is 19.1. The molecular weight excluding hydrogens is 257 g/mol. The minimum Gasteiger partial charge on any atom is -0.347 e. The van der Waals surface area contributed by atoms with Crippen LogP contribution in [0.15, 0.2) is 18.2 Å². The first-order chi connectivity index (χ1) is 9.52. The molecule has 1 amide bonds. The Labute approximate surface area is 118 Å². The summed E-state index contributed by atoms with van der Waals surface area (Å²) >= 11 is 0. The van der Waals surface area contributed by atoms with Gasteiger partial charge in [0.05, 0.1) is 17.7 Å². The van der Waals surface area contributed by atoms with E-state index in [1.807, 2.05) is 11.0 Å². The van der Waals surface area contributed by atoms with Crippen molar-refractivity contribution >= 4 is 5.91 Å². The summed E-state index contributed by atoms with van der Waals surface area (Å²) in [4.78, 5) is 15.7. The molecule has 1 fully saturated rings. The van der Waals surface area contributed by atoms with Gasteiger partial charge in [-0.1, -0.05) is 6.07 Å². The molecule has 0 saturated carbocycles. The summed E-state index contributed by atoms with van der Waals surface area (Å²) in [5.74, 6) is -0.316. The second-order valence-corrected chi connectivity index (χ2v) is 5.28. The van der Waals surface area contributed by atoms with Crippen molar-refractivity contribution in [1.29, 1.82) is 5.26 Å². The van der Waals surface area contributed by atoms with E-state index in [2.05, 4.69) is 0 Å². The summed E-state index contributed by atoms with van der Waals surface area (Å²) in [6.07, 6.45) is 1.76. The SMILES string of the molecule is CN(C)C(=O)C1CCCN1Cc1ccc(C#N)cc1F. The fraction of sp³-hybridized carbons (Fsp3) is 0.467. The van der Waals surface area contributed by atoms with E-state index < -0.39 is 0 Å². The number of amides is 1. The number of likely N-dealkylation sites (N-methyl/N-ethyl adjacent to an activating group) is 1. The summed E-state index contributed by atoms with van der Waals surface area (Å²) in [5, 5.41) is 8.74. The van der Waals surface area contributed by atoms with Crippen LogP contribution in [0.2, 0.25) is 0 Å². The fourth-order valence-corrected chi connectivity index (χ4v) is 2.56. The maximum atomic E-state index is 13.9. The molecule has 1 saturated heterocycles. The predicted molar refractivity (Wildman–Crippen MR) is 73.2 cm³/mol. The highest BCUT2D eigenvalue weighted by Gasteiger charge is 2.31. The molecule has 1 aromatic carbocycles. The van der Waals surface area contributed by atoms with Crippen LogP contribution in [0.25, 0.3) is 0 Å². The van der Waals surface area contributed by atoms with Crippen LogP contribution in [0.4, 0.5) is 4.39 Å². The molecule has 0 bridgehead atoms. The minimum absolute atomic E-state index is 0.0663. The number of hydrogen-bond acceptors (Lipinski definition) is 3. The standard InChI is InChI=1S/C15H18FN3O/c1-18(2)15(20)14-4-3-7-19(14)10-12-6-5-11(9-17)8-13(12)16/h5-6,8,14H,3-4,7,10H2,1-2H3. The van der Waals surface area contributed by atoms with Crippen molar-refractivity contribution in [3.63, 3.8) is 0 Å². The van der Waals surface area contributed by atoms with Gasteiger partial charge in [-0.25, -0.2) is 4.39 Å². The summed E-state index contributed by atoms with van der Waals surface area (Å²) in [6, 6.07) is 6.23. The third-order valence-electron chi connectivity index (χ3n) is 3.65. The number of benzene rings is 1. The highest BCUT2D eigenvalue weighted by Crippen LogP contribution is 2.22. The van der Waals surface area contributed by atoms with Gasteiger partial charge >= 0.3 is 0 Å². The third-order valence-corrected chi connectivity index (χ3v) is 3.65. The van der Waals surface area contributed by atoms with E-state index in [0.717, 1.165) is 19.4 Å². The van der Waals surface area contributed by atoms with Crippen LogP contribution in [-0.4, -0.2) is 42.4 Å². The molecule has 0 spiro atoms. The fourth-order valence-electron chi connectivity index (χ4n) is 2.56. The monoisotopic (exact) mass is 275 g/mol. The zero-order valence-corrected chi connectivity index (χ0v) is 11.8. The average Bonchev–Trinajstić information content (AvgIpc) is 2.88. The molecule has 1 aliphatic heterocycles. The van der Waals surface area contributed by atoms with Crippen molar-refractivity contribution in [2.24, 2.45) is 0 Å². The molecule has 1 heterocycles. The number of rotatable bonds is 3. The lowest BCUT2D eigenvalue weighted by atomic mass is 10.1. The molecule has 1 aliphatic rings. The largest absolute Gasteiger partial charge is 0.347 e. The smallest absolute Gasteiger partial charge is 0.239 e. The van der Waals surface area contributed by atoms with Gasteiger partial charge < -0.3 is 4.90 Å². The number of halogens is 1. The Balaban J connectivity index is 2.13. The van der Waals surface area contributed by atoms with E-state index in [-0.39, 0.29) is 17.8 Å². The zero-order valence-electron chi connectivity index (χ0n) is 11.8. The number of carbonyl (C=O) groups excluding carboxylic acids is 1. The van der Waals surface area contributed by atoms with Crippen molar-refractivity contribution in [3.05, 3.63) is 35.1 Å². The van der Waals surface area contributed by atoms with Gasteiger partial charge in [0.15, 0.2) is 0 Å². The minimum atomic E-state index is -0.382. The molecule has 106 valence electrons. The van der Waals surface area contributed by atoms with E-state index in [1.54, 1.807) is 31.1 Å². The van der Waals surface area contributed by atoms with Crippen LogP contribution < -0.4 is 0 Å². The highest BCUT2D eigenvalue weighted by molar-refractivity contribution is 5.81. The Kier molecular flexibility index (Phi) is 4.35. The number of nitrogens with zero attached hydrogens (tertiary/aromatic N) is 3. The van der Waals surface area contributed by atoms with Gasteiger partial charge in [-0.05, 0) is 31.5 Å². The van der Waals surface area contributed by atoms with E-state index in [0.29, 0.717) is 17.7 Å². The second-order valence-electron chi connectivity index (χ2n) is 5.28. The van der Waals surface area contributed by atoms with Crippen molar-refractivity contribution in [2.45, 2.75) is 25.4 Å². The Morgan fingerprint density at radius 1 is 1.55 bits per heavy atom. The van der Waals surface area contributed by atoms with Crippen molar-refractivity contribution in [3.8, 4) is 6.07 Å².